The Kier molecular flexibility index (Phi) is 4.23. The molecule has 5 rings (SSSR count). The normalized spacial score (nSPS) is 18.3. The number of piperidine rings is 1. The highest BCUT2D eigenvalue weighted by Gasteiger charge is 2.22. The van der Waals surface area contributed by atoms with E-state index in [2.05, 4.69) is 40.8 Å². The van der Waals surface area contributed by atoms with Gasteiger partial charge in [-0.25, -0.2) is 19.5 Å². The zero-order valence-corrected chi connectivity index (χ0v) is 15.4. The highest BCUT2D eigenvalue weighted by Crippen LogP contribution is 2.24. The molecule has 0 radical (unpaired) electrons. The topological polar surface area (TPSA) is 65.7 Å². The van der Waals surface area contributed by atoms with E-state index in [0.29, 0.717) is 0 Å². The third-order valence-corrected chi connectivity index (χ3v) is 5.53. The van der Waals surface area contributed by atoms with E-state index in [9.17, 15) is 0 Å². The second-order valence-electron chi connectivity index (χ2n) is 7.17. The summed E-state index contributed by atoms with van der Waals surface area (Å²) in [5, 5.41) is 4.31. The number of rotatable bonds is 3. The van der Waals surface area contributed by atoms with E-state index in [4.69, 9.17) is 0 Å². The Bertz CT molecular complexity index is 909. The number of piperazine rings is 1. The quantitative estimate of drug-likeness (QED) is 0.702. The molecule has 5 heterocycles. The van der Waals surface area contributed by atoms with Gasteiger partial charge in [0.05, 0.1) is 6.20 Å². The lowest BCUT2D eigenvalue weighted by atomic mass is 10.1. The van der Waals surface area contributed by atoms with Crippen LogP contribution in [0.25, 0.3) is 5.52 Å². The lowest BCUT2D eigenvalue weighted by Crippen LogP contribution is -2.47. The van der Waals surface area contributed by atoms with Crippen molar-refractivity contribution in [1.82, 2.24) is 24.6 Å². The molecule has 8 nitrogen and oxygen atoms in total. The zero-order chi connectivity index (χ0) is 18.1. The number of nitrogens with zero attached hydrogens (tertiary/aromatic N) is 8. The largest absolute Gasteiger partial charge is 0.356 e. The molecule has 2 aliphatic heterocycles. The summed E-state index contributed by atoms with van der Waals surface area (Å²) in [6.45, 7) is 5.89. The van der Waals surface area contributed by atoms with Crippen molar-refractivity contribution >= 4 is 23.0 Å². The zero-order valence-electron chi connectivity index (χ0n) is 15.4. The Balaban J connectivity index is 1.30. The van der Waals surface area contributed by atoms with Crippen molar-refractivity contribution in [3.05, 3.63) is 37.1 Å². The molecule has 2 saturated heterocycles. The van der Waals surface area contributed by atoms with Gasteiger partial charge in [-0.1, -0.05) is 0 Å². The summed E-state index contributed by atoms with van der Waals surface area (Å²) in [7, 11) is 0. The fraction of sp³-hybridized carbons (Fsp3) is 0.474. The molecule has 27 heavy (non-hydrogen) atoms. The molecule has 0 N–H and O–H groups in total. The van der Waals surface area contributed by atoms with Crippen molar-refractivity contribution in [2.75, 3.05) is 54.0 Å². The van der Waals surface area contributed by atoms with Crippen molar-refractivity contribution in [3.8, 4) is 0 Å². The highest BCUT2D eigenvalue weighted by atomic mass is 15.3. The number of hydrogen-bond donors (Lipinski definition) is 0. The molecular weight excluding hydrogens is 340 g/mol. The van der Waals surface area contributed by atoms with Crippen LogP contribution in [-0.2, 0) is 0 Å². The minimum atomic E-state index is 0.918. The molecule has 0 bridgehead atoms. The lowest BCUT2D eigenvalue weighted by molar-refractivity contribution is 0.572. The molecule has 2 fully saturated rings. The molecule has 0 aliphatic carbocycles. The van der Waals surface area contributed by atoms with Crippen LogP contribution in [0.4, 0.5) is 17.5 Å². The van der Waals surface area contributed by atoms with Gasteiger partial charge in [0.2, 0.25) is 0 Å². The third-order valence-electron chi connectivity index (χ3n) is 5.53. The van der Waals surface area contributed by atoms with Crippen LogP contribution >= 0.6 is 0 Å². The van der Waals surface area contributed by atoms with Gasteiger partial charge < -0.3 is 14.7 Å². The number of aromatic nitrogens is 5. The van der Waals surface area contributed by atoms with Gasteiger partial charge in [0.15, 0.2) is 5.82 Å². The molecule has 0 aromatic carbocycles. The van der Waals surface area contributed by atoms with Crippen LogP contribution < -0.4 is 14.7 Å². The van der Waals surface area contributed by atoms with Gasteiger partial charge in [-0.05, 0) is 25.3 Å². The first-order valence-electron chi connectivity index (χ1n) is 9.74. The second-order valence-corrected chi connectivity index (χ2v) is 7.17. The maximum absolute atomic E-state index is 4.59. The van der Waals surface area contributed by atoms with Gasteiger partial charge in [0.25, 0.3) is 0 Å². The Morgan fingerprint density at radius 1 is 0.704 bits per heavy atom. The standard InChI is InChI=1S/C19H24N8/c1-2-7-24(8-3-1)17-14-18(22-15-21-17)25-10-12-26(13-11-25)19-16-4-5-23-27(16)9-6-20-19/h4-6,9,14-15H,1-3,7-8,10-13H2. The van der Waals surface area contributed by atoms with E-state index in [-0.39, 0.29) is 0 Å². The van der Waals surface area contributed by atoms with Crippen LogP contribution in [0.15, 0.2) is 37.1 Å². The molecule has 8 heteroatoms. The first-order chi connectivity index (χ1) is 13.4. The van der Waals surface area contributed by atoms with Crippen molar-refractivity contribution < 1.29 is 0 Å². The van der Waals surface area contributed by atoms with Crippen LogP contribution in [0.5, 0.6) is 0 Å². The van der Waals surface area contributed by atoms with Crippen LogP contribution in [-0.4, -0.2) is 63.8 Å². The molecule has 0 saturated carbocycles. The molecule has 0 unspecified atom stereocenters. The van der Waals surface area contributed by atoms with Crippen LogP contribution in [0.3, 0.4) is 0 Å². The van der Waals surface area contributed by atoms with E-state index in [1.807, 2.05) is 29.2 Å². The van der Waals surface area contributed by atoms with Crippen molar-refractivity contribution in [1.29, 1.82) is 0 Å². The molecule has 0 atom stereocenters. The summed E-state index contributed by atoms with van der Waals surface area (Å²) in [6.07, 6.45) is 11.1. The van der Waals surface area contributed by atoms with Crippen LogP contribution in [0.2, 0.25) is 0 Å². The monoisotopic (exact) mass is 364 g/mol. The van der Waals surface area contributed by atoms with E-state index in [1.54, 1.807) is 6.33 Å². The first kappa shape index (κ1) is 16.3. The summed E-state index contributed by atoms with van der Waals surface area (Å²) in [6, 6.07) is 4.17. The Morgan fingerprint density at radius 2 is 1.41 bits per heavy atom. The third kappa shape index (κ3) is 3.15. The average Bonchev–Trinajstić information content (AvgIpc) is 3.24. The molecule has 0 spiro atoms. The highest BCUT2D eigenvalue weighted by molar-refractivity contribution is 5.68. The van der Waals surface area contributed by atoms with Gasteiger partial charge in [0, 0.05) is 57.7 Å². The fourth-order valence-corrected chi connectivity index (χ4v) is 4.04. The smallest absolute Gasteiger partial charge is 0.154 e. The van der Waals surface area contributed by atoms with Crippen molar-refractivity contribution in [2.24, 2.45) is 0 Å². The second kappa shape index (κ2) is 7.02. The maximum atomic E-state index is 4.59. The first-order valence-corrected chi connectivity index (χ1v) is 9.74. The van der Waals surface area contributed by atoms with Gasteiger partial charge in [-0.3, -0.25) is 0 Å². The van der Waals surface area contributed by atoms with Crippen LogP contribution in [0, 0.1) is 0 Å². The average molecular weight is 364 g/mol. The fourth-order valence-electron chi connectivity index (χ4n) is 4.04. The minimum Gasteiger partial charge on any atom is -0.356 e. The van der Waals surface area contributed by atoms with Gasteiger partial charge in [-0.15, -0.1) is 0 Å². The molecule has 2 aliphatic rings. The predicted octanol–water partition coefficient (Wildman–Crippen LogP) is 1.84. The SMILES string of the molecule is c1nc(N2CCCCC2)cc(N2CCN(c3nccn4nccc34)CC2)n1. The molecular formula is C19H24N8. The summed E-state index contributed by atoms with van der Waals surface area (Å²) < 4.78 is 1.88. The molecule has 0 amide bonds. The van der Waals surface area contributed by atoms with E-state index >= 15 is 0 Å². The van der Waals surface area contributed by atoms with Gasteiger partial charge in [0.1, 0.15) is 23.5 Å². The summed E-state index contributed by atoms with van der Waals surface area (Å²) in [5.74, 6) is 3.10. The van der Waals surface area contributed by atoms with E-state index < -0.39 is 0 Å². The van der Waals surface area contributed by atoms with Crippen molar-refractivity contribution in [2.45, 2.75) is 19.3 Å². The number of hydrogen-bond acceptors (Lipinski definition) is 7. The van der Waals surface area contributed by atoms with Crippen LogP contribution in [0.1, 0.15) is 19.3 Å². The van der Waals surface area contributed by atoms with Gasteiger partial charge >= 0.3 is 0 Å². The minimum absolute atomic E-state index is 0.918. The Morgan fingerprint density at radius 3 is 2.19 bits per heavy atom. The molecule has 3 aromatic rings. The molecule has 140 valence electrons. The van der Waals surface area contributed by atoms with Gasteiger partial charge in [-0.2, -0.15) is 5.10 Å². The summed E-state index contributed by atoms with van der Waals surface area (Å²) in [5.41, 5.74) is 1.06. The van der Waals surface area contributed by atoms with E-state index in [1.165, 1.54) is 19.3 Å². The Hall–Kier alpha value is -2.90. The number of fused-ring (bicyclic) bond motifs is 1. The number of anilines is 3. The predicted molar refractivity (Wildman–Crippen MR) is 106 cm³/mol. The lowest BCUT2D eigenvalue weighted by Gasteiger charge is -2.36. The summed E-state index contributed by atoms with van der Waals surface area (Å²) in [4.78, 5) is 20.7. The Labute approximate surface area is 158 Å². The van der Waals surface area contributed by atoms with Crippen molar-refractivity contribution in [3.63, 3.8) is 0 Å². The molecule has 3 aromatic heterocycles. The van der Waals surface area contributed by atoms with E-state index in [0.717, 1.165) is 62.2 Å². The summed E-state index contributed by atoms with van der Waals surface area (Å²) >= 11 is 0. The maximum Gasteiger partial charge on any atom is 0.154 e.